The first-order valence-corrected chi connectivity index (χ1v) is 5.88. The molecule has 0 aliphatic heterocycles. The summed E-state index contributed by atoms with van der Waals surface area (Å²) in [5.41, 5.74) is 0.108. The van der Waals surface area contributed by atoms with E-state index in [0.717, 1.165) is 0 Å². The van der Waals surface area contributed by atoms with Gasteiger partial charge in [0.2, 0.25) is 16.9 Å². The number of halogens is 2. The number of hydrogen-bond donors (Lipinski definition) is 1. The maximum atomic E-state index is 11.7. The number of hydrogen-bond acceptors (Lipinski definition) is 3. The predicted octanol–water partition coefficient (Wildman–Crippen LogP) is 1.67. The van der Waals surface area contributed by atoms with E-state index in [2.05, 4.69) is 5.32 Å². The van der Waals surface area contributed by atoms with Crippen molar-refractivity contribution in [2.45, 2.75) is 25.1 Å². The average molecular weight is 276 g/mol. The first-order chi connectivity index (χ1) is 7.97. The van der Waals surface area contributed by atoms with Crippen molar-refractivity contribution in [3.05, 3.63) is 23.4 Å². The Morgan fingerprint density at radius 2 is 2.06 bits per heavy atom. The second-order valence-corrected chi connectivity index (χ2v) is 4.28. The summed E-state index contributed by atoms with van der Waals surface area (Å²) in [7, 11) is 0. The van der Waals surface area contributed by atoms with Crippen molar-refractivity contribution in [3.8, 4) is 0 Å². The minimum absolute atomic E-state index is 0.0202. The van der Waals surface area contributed by atoms with Gasteiger partial charge in [0, 0.05) is 12.0 Å². The zero-order chi connectivity index (χ0) is 13.0. The third-order valence-electron chi connectivity index (χ3n) is 2.18. The Labute approximate surface area is 109 Å². The van der Waals surface area contributed by atoms with Crippen molar-refractivity contribution in [3.63, 3.8) is 0 Å². The summed E-state index contributed by atoms with van der Waals surface area (Å²) in [6.07, 6.45) is 3.68. The first-order valence-electron chi connectivity index (χ1n) is 5.07. The van der Waals surface area contributed by atoms with Crippen molar-refractivity contribution in [1.29, 1.82) is 0 Å². The molecule has 0 bridgehead atoms. The van der Waals surface area contributed by atoms with Crippen molar-refractivity contribution >= 4 is 40.1 Å². The van der Waals surface area contributed by atoms with Crippen LogP contribution in [0.15, 0.2) is 23.4 Å². The molecule has 0 spiro atoms. The third kappa shape index (κ3) is 3.41. The molecule has 0 heterocycles. The standard InChI is InChI=1S/C11H11Cl2NO3/c1-2-3-8(15)14-7-5-4-6(11(13)17)9(12)10(7)16/h4-5,9H,2-3H2,1H3,(H,14,15). The van der Waals surface area contributed by atoms with Crippen molar-refractivity contribution in [1.82, 2.24) is 5.32 Å². The molecule has 1 rings (SSSR count). The molecule has 6 heteroatoms. The van der Waals surface area contributed by atoms with Gasteiger partial charge in [-0.1, -0.05) is 13.0 Å². The summed E-state index contributed by atoms with van der Waals surface area (Å²) in [4.78, 5) is 34.0. The van der Waals surface area contributed by atoms with Crippen LogP contribution in [0.25, 0.3) is 0 Å². The second kappa shape index (κ2) is 5.98. The lowest BCUT2D eigenvalue weighted by molar-refractivity contribution is -0.123. The average Bonchev–Trinajstić information content (AvgIpc) is 2.25. The monoisotopic (exact) mass is 275 g/mol. The molecule has 17 heavy (non-hydrogen) atoms. The van der Waals surface area contributed by atoms with Crippen LogP contribution >= 0.6 is 23.2 Å². The second-order valence-electron chi connectivity index (χ2n) is 3.50. The molecule has 0 aromatic rings. The van der Waals surface area contributed by atoms with E-state index in [1.54, 1.807) is 0 Å². The molecule has 0 aromatic heterocycles. The number of nitrogens with one attached hydrogen (secondary N) is 1. The van der Waals surface area contributed by atoms with Crippen LogP contribution < -0.4 is 5.32 Å². The van der Waals surface area contributed by atoms with Gasteiger partial charge in [-0.15, -0.1) is 11.6 Å². The van der Waals surface area contributed by atoms with E-state index >= 15 is 0 Å². The zero-order valence-corrected chi connectivity index (χ0v) is 10.6. The van der Waals surface area contributed by atoms with Gasteiger partial charge in [-0.3, -0.25) is 14.4 Å². The highest BCUT2D eigenvalue weighted by molar-refractivity contribution is 6.69. The number of allylic oxidation sites excluding steroid dienone is 4. The Morgan fingerprint density at radius 3 is 2.59 bits per heavy atom. The smallest absolute Gasteiger partial charge is 0.250 e. The van der Waals surface area contributed by atoms with Gasteiger partial charge < -0.3 is 5.32 Å². The van der Waals surface area contributed by atoms with Gasteiger partial charge in [0.15, 0.2) is 0 Å². The Morgan fingerprint density at radius 1 is 1.41 bits per heavy atom. The van der Waals surface area contributed by atoms with Crippen LogP contribution in [0.4, 0.5) is 0 Å². The Kier molecular flexibility index (Phi) is 4.90. The van der Waals surface area contributed by atoms with Gasteiger partial charge >= 0.3 is 0 Å². The molecule has 92 valence electrons. The summed E-state index contributed by atoms with van der Waals surface area (Å²) in [5.74, 6) is -0.785. The molecule has 1 N–H and O–H groups in total. The Balaban J connectivity index is 2.85. The summed E-state index contributed by atoms with van der Waals surface area (Å²) in [6.45, 7) is 1.85. The molecule has 1 unspecified atom stereocenters. The highest BCUT2D eigenvalue weighted by atomic mass is 35.5. The fourth-order valence-electron chi connectivity index (χ4n) is 1.33. The summed E-state index contributed by atoms with van der Waals surface area (Å²) >= 11 is 11.0. The minimum Gasteiger partial charge on any atom is -0.323 e. The number of carbonyl (C=O) groups excluding carboxylic acids is 3. The number of rotatable bonds is 4. The van der Waals surface area contributed by atoms with Crippen molar-refractivity contribution < 1.29 is 14.4 Å². The maximum absolute atomic E-state index is 11.7. The molecular weight excluding hydrogens is 265 g/mol. The summed E-state index contributed by atoms with van der Waals surface area (Å²) in [5, 5.41) is 0.542. The number of alkyl halides is 1. The van der Waals surface area contributed by atoms with Crippen LogP contribution in [0.1, 0.15) is 19.8 Å². The normalized spacial score (nSPS) is 19.5. The molecule has 0 fully saturated rings. The molecule has 4 nitrogen and oxygen atoms in total. The molecule has 0 saturated heterocycles. The topological polar surface area (TPSA) is 63.2 Å². The van der Waals surface area contributed by atoms with Gasteiger partial charge in [0.1, 0.15) is 5.38 Å². The molecule has 0 saturated carbocycles. The minimum atomic E-state index is -1.14. The van der Waals surface area contributed by atoms with E-state index in [1.165, 1.54) is 12.2 Å². The number of Topliss-reactive ketones (excluding diaryl/α,β-unsaturated/α-hetero) is 1. The maximum Gasteiger partial charge on any atom is 0.250 e. The van der Waals surface area contributed by atoms with E-state index in [4.69, 9.17) is 23.2 Å². The number of ketones is 1. The molecule has 0 aromatic carbocycles. The first kappa shape index (κ1) is 13.9. The fraction of sp³-hybridized carbons (Fsp3) is 0.364. The van der Waals surface area contributed by atoms with Gasteiger partial charge in [-0.05, 0) is 24.1 Å². The molecule has 1 amide bonds. The van der Waals surface area contributed by atoms with Crippen LogP contribution in [0.5, 0.6) is 0 Å². The van der Waals surface area contributed by atoms with Crippen LogP contribution in [-0.2, 0) is 14.4 Å². The van der Waals surface area contributed by atoms with Gasteiger partial charge in [0.05, 0.1) is 5.70 Å². The SMILES string of the molecule is CCCC(=O)NC1=CC=C(C(=O)Cl)C(Cl)C1=O. The molecule has 1 aliphatic carbocycles. The highest BCUT2D eigenvalue weighted by Gasteiger charge is 2.30. The molecular formula is C11H11Cl2NO3. The van der Waals surface area contributed by atoms with Crippen LogP contribution in [0, 0.1) is 0 Å². The lowest BCUT2D eigenvalue weighted by Crippen LogP contribution is -2.34. The van der Waals surface area contributed by atoms with E-state index < -0.39 is 16.4 Å². The number of carbonyl (C=O) groups is 3. The number of amides is 1. The molecule has 1 atom stereocenters. The fourth-order valence-corrected chi connectivity index (χ4v) is 1.84. The summed E-state index contributed by atoms with van der Waals surface area (Å²) < 4.78 is 0. The Hall–Kier alpha value is -1.13. The van der Waals surface area contributed by atoms with Crippen LogP contribution in [0.2, 0.25) is 0 Å². The Bertz CT molecular complexity index is 426. The predicted molar refractivity (Wildman–Crippen MR) is 64.7 cm³/mol. The van der Waals surface area contributed by atoms with Gasteiger partial charge in [-0.25, -0.2) is 0 Å². The summed E-state index contributed by atoms with van der Waals surface area (Å²) in [6, 6.07) is 0. The quantitative estimate of drug-likeness (QED) is 0.627. The molecule has 0 radical (unpaired) electrons. The lowest BCUT2D eigenvalue weighted by atomic mass is 10.0. The third-order valence-corrected chi connectivity index (χ3v) is 2.83. The van der Waals surface area contributed by atoms with Crippen LogP contribution in [-0.4, -0.2) is 22.3 Å². The lowest BCUT2D eigenvalue weighted by Gasteiger charge is -2.16. The highest BCUT2D eigenvalue weighted by Crippen LogP contribution is 2.21. The van der Waals surface area contributed by atoms with Crippen molar-refractivity contribution in [2.75, 3.05) is 0 Å². The van der Waals surface area contributed by atoms with Crippen LogP contribution in [0.3, 0.4) is 0 Å². The molecule has 1 aliphatic rings. The van der Waals surface area contributed by atoms with E-state index in [9.17, 15) is 14.4 Å². The van der Waals surface area contributed by atoms with E-state index in [0.29, 0.717) is 12.8 Å². The van der Waals surface area contributed by atoms with E-state index in [-0.39, 0.29) is 17.2 Å². The van der Waals surface area contributed by atoms with Gasteiger partial charge in [0.25, 0.3) is 0 Å². The van der Waals surface area contributed by atoms with E-state index in [1.807, 2.05) is 6.92 Å². The van der Waals surface area contributed by atoms with Gasteiger partial charge in [-0.2, -0.15) is 0 Å². The van der Waals surface area contributed by atoms with Crippen molar-refractivity contribution in [2.24, 2.45) is 0 Å². The largest absolute Gasteiger partial charge is 0.323 e. The zero-order valence-electron chi connectivity index (χ0n) is 9.13.